The molecule has 2 heterocycles. The Morgan fingerprint density at radius 3 is 3.00 bits per heavy atom. The predicted octanol–water partition coefficient (Wildman–Crippen LogP) is 1.08. The van der Waals surface area contributed by atoms with Crippen LogP contribution in [-0.2, 0) is 0 Å². The van der Waals surface area contributed by atoms with Gasteiger partial charge in [-0.25, -0.2) is 14.8 Å². The first kappa shape index (κ1) is 8.00. The number of carboxylic acid groups (broad SMARTS) is 1. The van der Waals surface area contributed by atoms with Crippen LogP contribution in [0.3, 0.4) is 0 Å². The second-order valence-corrected chi connectivity index (χ2v) is 2.74. The summed E-state index contributed by atoms with van der Waals surface area (Å²) in [4.78, 5) is 18.2. The zero-order valence-corrected chi connectivity index (χ0v) is 7.06. The van der Waals surface area contributed by atoms with Gasteiger partial charge in [-0.2, -0.15) is 0 Å². The Morgan fingerprint density at radius 2 is 2.31 bits per heavy atom. The number of hydrogen-bond acceptors (Lipinski definition) is 3. The molecule has 0 radical (unpaired) electrons. The quantitative estimate of drug-likeness (QED) is 0.743. The minimum Gasteiger partial charge on any atom is -0.476 e. The van der Waals surface area contributed by atoms with Gasteiger partial charge < -0.3 is 5.11 Å². The second kappa shape index (κ2) is 2.70. The molecule has 2 rings (SSSR count). The zero-order valence-electron chi connectivity index (χ0n) is 6.31. The van der Waals surface area contributed by atoms with Crippen LogP contribution in [-0.4, -0.2) is 25.4 Å². The van der Waals surface area contributed by atoms with Crippen LogP contribution >= 0.6 is 11.6 Å². The van der Waals surface area contributed by atoms with Crippen molar-refractivity contribution in [2.75, 3.05) is 0 Å². The highest BCUT2D eigenvalue weighted by Crippen LogP contribution is 2.13. The highest BCUT2D eigenvalue weighted by atomic mass is 35.5. The van der Waals surface area contributed by atoms with Crippen LogP contribution in [0.5, 0.6) is 0 Å². The van der Waals surface area contributed by atoms with Crippen LogP contribution in [0.2, 0.25) is 5.15 Å². The average Bonchev–Trinajstić information content (AvgIpc) is 2.48. The molecule has 0 aliphatic rings. The van der Waals surface area contributed by atoms with Gasteiger partial charge >= 0.3 is 5.97 Å². The fourth-order valence-electron chi connectivity index (χ4n) is 1.04. The van der Waals surface area contributed by atoms with Gasteiger partial charge in [0.15, 0.2) is 11.3 Å². The van der Waals surface area contributed by atoms with Gasteiger partial charge in [-0.15, -0.1) is 0 Å². The van der Waals surface area contributed by atoms with Gasteiger partial charge in [-0.1, -0.05) is 11.6 Å². The van der Waals surface area contributed by atoms with E-state index in [1.165, 1.54) is 16.8 Å². The van der Waals surface area contributed by atoms with E-state index in [0.29, 0.717) is 5.15 Å². The van der Waals surface area contributed by atoms with Crippen molar-refractivity contribution in [1.29, 1.82) is 0 Å². The maximum absolute atomic E-state index is 10.7. The Morgan fingerprint density at radius 1 is 1.54 bits per heavy atom. The molecule has 0 amide bonds. The van der Waals surface area contributed by atoms with Crippen molar-refractivity contribution in [3.63, 3.8) is 0 Å². The summed E-state index contributed by atoms with van der Waals surface area (Å²) < 4.78 is 1.46. The van der Waals surface area contributed by atoms with Gasteiger partial charge in [-0.05, 0) is 0 Å². The summed E-state index contributed by atoms with van der Waals surface area (Å²) in [5.41, 5.74) is 0.148. The summed E-state index contributed by atoms with van der Waals surface area (Å²) in [6.07, 6.45) is 4.30. The van der Waals surface area contributed by atoms with Crippen LogP contribution in [0.1, 0.15) is 10.5 Å². The van der Waals surface area contributed by atoms with Gasteiger partial charge in [0, 0.05) is 12.4 Å². The van der Waals surface area contributed by atoms with Crippen molar-refractivity contribution in [2.24, 2.45) is 0 Å². The molecule has 0 unspecified atom stereocenters. The Bertz CT molecular complexity index is 480. The first-order valence-electron chi connectivity index (χ1n) is 3.41. The van der Waals surface area contributed by atoms with E-state index < -0.39 is 5.97 Å². The Kier molecular flexibility index (Phi) is 1.66. The van der Waals surface area contributed by atoms with Gasteiger partial charge in [0.05, 0.1) is 6.20 Å². The van der Waals surface area contributed by atoms with E-state index in [-0.39, 0.29) is 11.3 Å². The van der Waals surface area contributed by atoms with E-state index in [2.05, 4.69) is 9.97 Å². The highest BCUT2D eigenvalue weighted by molar-refractivity contribution is 6.29. The van der Waals surface area contributed by atoms with Crippen molar-refractivity contribution in [3.8, 4) is 0 Å². The molecule has 0 saturated carbocycles. The third-order valence-corrected chi connectivity index (χ3v) is 1.87. The number of aromatic nitrogens is 3. The SMILES string of the molecule is O=C(O)c1nccn2c(Cl)cnc12. The number of carbonyl (C=O) groups is 1. The van der Waals surface area contributed by atoms with Crippen LogP contribution in [0.25, 0.3) is 5.65 Å². The van der Waals surface area contributed by atoms with Crippen molar-refractivity contribution >= 4 is 23.2 Å². The number of carboxylic acids is 1. The number of imidazole rings is 1. The summed E-state index contributed by atoms with van der Waals surface area (Å²) in [6, 6.07) is 0. The summed E-state index contributed by atoms with van der Waals surface area (Å²) in [5.74, 6) is -1.12. The molecule has 6 heteroatoms. The fraction of sp³-hybridized carbons (Fsp3) is 0. The predicted molar refractivity (Wildman–Crippen MR) is 45.0 cm³/mol. The molecular weight excluding hydrogens is 194 g/mol. The molecule has 5 nitrogen and oxygen atoms in total. The van der Waals surface area contributed by atoms with Crippen molar-refractivity contribution < 1.29 is 9.90 Å². The molecule has 0 saturated heterocycles. The molecule has 0 aromatic carbocycles. The van der Waals surface area contributed by atoms with Crippen molar-refractivity contribution in [3.05, 3.63) is 29.4 Å². The summed E-state index contributed by atoms with van der Waals surface area (Å²) in [5, 5.41) is 9.09. The third-order valence-electron chi connectivity index (χ3n) is 1.59. The van der Waals surface area contributed by atoms with E-state index in [4.69, 9.17) is 16.7 Å². The lowest BCUT2D eigenvalue weighted by atomic mass is 10.4. The van der Waals surface area contributed by atoms with Crippen LogP contribution in [0.4, 0.5) is 0 Å². The van der Waals surface area contributed by atoms with Gasteiger partial charge in [0.25, 0.3) is 0 Å². The Balaban J connectivity index is 2.84. The monoisotopic (exact) mass is 197 g/mol. The Hall–Kier alpha value is -1.62. The van der Waals surface area contributed by atoms with E-state index >= 15 is 0 Å². The van der Waals surface area contributed by atoms with Crippen molar-refractivity contribution in [1.82, 2.24) is 14.4 Å². The molecule has 0 fully saturated rings. The Labute approximate surface area is 77.6 Å². The third kappa shape index (κ3) is 1.13. The molecule has 66 valence electrons. The minimum absolute atomic E-state index is 0.102. The standard InChI is InChI=1S/C7H4ClN3O2/c8-4-3-10-6-5(7(12)13)9-1-2-11(4)6/h1-3H,(H,12,13). The van der Waals surface area contributed by atoms with Crippen LogP contribution in [0.15, 0.2) is 18.6 Å². The number of rotatable bonds is 1. The number of fused-ring (bicyclic) bond motifs is 1. The lowest BCUT2D eigenvalue weighted by molar-refractivity contribution is 0.0692. The number of aromatic carboxylic acids is 1. The maximum Gasteiger partial charge on any atom is 0.358 e. The molecule has 0 aliphatic carbocycles. The molecule has 0 atom stereocenters. The molecular formula is C7H4ClN3O2. The first-order chi connectivity index (χ1) is 6.20. The molecule has 2 aromatic rings. The van der Waals surface area contributed by atoms with Gasteiger partial charge in [0.2, 0.25) is 0 Å². The zero-order chi connectivity index (χ0) is 9.42. The van der Waals surface area contributed by atoms with Crippen molar-refractivity contribution in [2.45, 2.75) is 0 Å². The van der Waals surface area contributed by atoms with E-state index in [0.717, 1.165) is 0 Å². The number of halogens is 1. The van der Waals surface area contributed by atoms with Gasteiger partial charge in [0.1, 0.15) is 5.15 Å². The molecule has 0 aliphatic heterocycles. The molecule has 2 aromatic heterocycles. The average molecular weight is 198 g/mol. The van der Waals surface area contributed by atoms with Crippen LogP contribution < -0.4 is 0 Å². The summed E-state index contributed by atoms with van der Waals surface area (Å²) >= 11 is 5.73. The molecule has 13 heavy (non-hydrogen) atoms. The molecule has 0 spiro atoms. The minimum atomic E-state index is -1.12. The topological polar surface area (TPSA) is 67.5 Å². The number of nitrogens with zero attached hydrogens (tertiary/aromatic N) is 3. The lowest BCUT2D eigenvalue weighted by Gasteiger charge is -1.96. The first-order valence-corrected chi connectivity index (χ1v) is 3.79. The number of hydrogen-bond donors (Lipinski definition) is 1. The second-order valence-electron chi connectivity index (χ2n) is 2.36. The van der Waals surface area contributed by atoms with Gasteiger partial charge in [-0.3, -0.25) is 4.40 Å². The maximum atomic E-state index is 10.7. The van der Waals surface area contributed by atoms with E-state index in [1.807, 2.05) is 0 Å². The fourth-order valence-corrected chi connectivity index (χ4v) is 1.23. The summed E-state index contributed by atoms with van der Waals surface area (Å²) in [7, 11) is 0. The highest BCUT2D eigenvalue weighted by Gasteiger charge is 2.12. The smallest absolute Gasteiger partial charge is 0.358 e. The normalized spacial score (nSPS) is 10.5. The van der Waals surface area contributed by atoms with E-state index in [1.54, 1.807) is 6.20 Å². The van der Waals surface area contributed by atoms with E-state index in [9.17, 15) is 4.79 Å². The van der Waals surface area contributed by atoms with Crippen LogP contribution in [0, 0.1) is 0 Å². The summed E-state index contributed by atoms with van der Waals surface area (Å²) in [6.45, 7) is 0. The largest absolute Gasteiger partial charge is 0.476 e. The molecule has 1 N–H and O–H groups in total. The lowest BCUT2D eigenvalue weighted by Crippen LogP contribution is -2.03. The molecule has 0 bridgehead atoms.